The zero-order valence-corrected chi connectivity index (χ0v) is 10.1. The number of methoxy groups -OCH3 is 2. The van der Waals surface area contributed by atoms with Crippen LogP contribution in [-0.2, 0) is 16.0 Å². The first-order valence-corrected chi connectivity index (χ1v) is 5.26. The first-order chi connectivity index (χ1) is 8.58. The van der Waals surface area contributed by atoms with Gasteiger partial charge in [-0.25, -0.2) is 0 Å². The highest BCUT2D eigenvalue weighted by Gasteiger charge is 2.15. The third-order valence-corrected chi connectivity index (χ3v) is 2.33. The molecule has 0 heterocycles. The van der Waals surface area contributed by atoms with Gasteiger partial charge in [-0.3, -0.25) is 4.79 Å². The number of rotatable bonds is 6. The number of halogens is 2. The van der Waals surface area contributed by atoms with Gasteiger partial charge in [0.25, 0.3) is 0 Å². The van der Waals surface area contributed by atoms with Crippen molar-refractivity contribution >= 4 is 5.97 Å². The summed E-state index contributed by atoms with van der Waals surface area (Å²) in [6, 6.07) is 4.56. The van der Waals surface area contributed by atoms with Crippen LogP contribution >= 0.6 is 0 Å². The van der Waals surface area contributed by atoms with Crippen molar-refractivity contribution in [3.8, 4) is 11.5 Å². The average Bonchev–Trinajstić information content (AvgIpc) is 2.35. The summed E-state index contributed by atoms with van der Waals surface area (Å²) in [4.78, 5) is 11.1. The van der Waals surface area contributed by atoms with E-state index in [1.54, 1.807) is 6.07 Å². The lowest BCUT2D eigenvalue weighted by molar-refractivity contribution is -0.140. The van der Waals surface area contributed by atoms with E-state index >= 15 is 0 Å². The van der Waals surface area contributed by atoms with Crippen molar-refractivity contribution in [2.75, 3.05) is 14.2 Å². The van der Waals surface area contributed by atoms with E-state index in [0.29, 0.717) is 11.3 Å². The molecule has 18 heavy (non-hydrogen) atoms. The minimum absolute atomic E-state index is 0.00764. The van der Waals surface area contributed by atoms with E-state index in [1.807, 2.05) is 0 Å². The van der Waals surface area contributed by atoms with Crippen molar-refractivity contribution in [3.63, 3.8) is 0 Å². The molecule has 0 saturated carbocycles. The lowest BCUT2D eigenvalue weighted by Crippen LogP contribution is -2.08. The van der Waals surface area contributed by atoms with Crippen LogP contribution in [0, 0.1) is 0 Å². The summed E-state index contributed by atoms with van der Waals surface area (Å²) in [6.45, 7) is -2.92. The van der Waals surface area contributed by atoms with Gasteiger partial charge in [0.15, 0.2) is 0 Å². The molecule has 0 spiro atoms. The fraction of sp³-hybridized carbons (Fsp3) is 0.417. The fourth-order valence-corrected chi connectivity index (χ4v) is 1.52. The molecule has 0 radical (unpaired) electrons. The van der Waals surface area contributed by atoms with Crippen LogP contribution in [0.25, 0.3) is 0 Å². The van der Waals surface area contributed by atoms with Gasteiger partial charge in [-0.15, -0.1) is 0 Å². The van der Waals surface area contributed by atoms with E-state index in [2.05, 4.69) is 9.47 Å². The zero-order chi connectivity index (χ0) is 13.5. The Morgan fingerprint density at radius 3 is 2.50 bits per heavy atom. The molecular formula is C12H14F2O4. The van der Waals surface area contributed by atoms with Gasteiger partial charge >= 0.3 is 12.6 Å². The van der Waals surface area contributed by atoms with E-state index in [0.717, 1.165) is 0 Å². The van der Waals surface area contributed by atoms with Gasteiger partial charge < -0.3 is 14.2 Å². The molecule has 0 aliphatic rings. The molecule has 100 valence electrons. The Morgan fingerprint density at radius 2 is 1.94 bits per heavy atom. The molecule has 4 nitrogen and oxygen atoms in total. The molecule has 0 aromatic heterocycles. The van der Waals surface area contributed by atoms with E-state index in [9.17, 15) is 13.6 Å². The topological polar surface area (TPSA) is 44.8 Å². The Balaban J connectivity index is 2.92. The van der Waals surface area contributed by atoms with Crippen LogP contribution in [-0.4, -0.2) is 26.8 Å². The normalized spacial score (nSPS) is 10.3. The molecule has 0 saturated heterocycles. The number of hydrogen-bond acceptors (Lipinski definition) is 4. The molecule has 0 fully saturated rings. The van der Waals surface area contributed by atoms with Crippen molar-refractivity contribution < 1.29 is 27.8 Å². The summed E-state index contributed by atoms with van der Waals surface area (Å²) in [5, 5.41) is 0. The number of hydrogen-bond donors (Lipinski definition) is 0. The summed E-state index contributed by atoms with van der Waals surface area (Å²) in [7, 11) is 2.68. The molecule has 1 aromatic carbocycles. The molecule has 0 bridgehead atoms. The third kappa shape index (κ3) is 3.87. The molecule has 0 aliphatic carbocycles. The number of carbonyl (C=O) groups is 1. The Bertz CT molecular complexity index is 407. The highest BCUT2D eigenvalue weighted by Crippen LogP contribution is 2.30. The summed E-state index contributed by atoms with van der Waals surface area (Å²) in [5.74, 6) is -0.0193. The maximum Gasteiger partial charge on any atom is 0.387 e. The second-order valence-corrected chi connectivity index (χ2v) is 3.39. The third-order valence-electron chi connectivity index (χ3n) is 2.33. The van der Waals surface area contributed by atoms with Gasteiger partial charge in [0.05, 0.1) is 14.2 Å². The van der Waals surface area contributed by atoms with Crippen LogP contribution in [0.5, 0.6) is 11.5 Å². The molecular weight excluding hydrogens is 246 g/mol. The fourth-order valence-electron chi connectivity index (χ4n) is 1.52. The minimum atomic E-state index is -2.92. The maximum absolute atomic E-state index is 12.2. The van der Waals surface area contributed by atoms with Crippen molar-refractivity contribution in [1.82, 2.24) is 0 Å². The Hall–Kier alpha value is -1.85. The Labute approximate surface area is 103 Å². The number of carbonyl (C=O) groups excluding carboxylic acids is 1. The van der Waals surface area contributed by atoms with Crippen LogP contribution in [0.3, 0.4) is 0 Å². The number of alkyl halides is 2. The number of ether oxygens (including phenoxy) is 3. The van der Waals surface area contributed by atoms with Gasteiger partial charge in [0.2, 0.25) is 0 Å². The maximum atomic E-state index is 12.2. The van der Waals surface area contributed by atoms with E-state index in [-0.39, 0.29) is 18.6 Å². The molecule has 0 unspecified atom stereocenters. The second kappa shape index (κ2) is 6.78. The second-order valence-electron chi connectivity index (χ2n) is 3.39. The quantitative estimate of drug-likeness (QED) is 0.737. The average molecular weight is 260 g/mol. The Kier molecular flexibility index (Phi) is 5.35. The molecule has 6 heteroatoms. The van der Waals surface area contributed by atoms with Gasteiger partial charge in [0, 0.05) is 12.0 Å². The summed E-state index contributed by atoms with van der Waals surface area (Å²) in [5.41, 5.74) is 0.422. The molecule has 0 N–H and O–H groups in total. The standard InChI is InChI=1S/C12H14F2O4/c1-16-9-4-3-5-10(18-12(13)14)8(9)6-7-11(15)17-2/h3-5,12H,6-7H2,1-2H3. The summed E-state index contributed by atoms with van der Waals surface area (Å²) in [6.07, 6.45) is 0.273. The van der Waals surface area contributed by atoms with Crippen molar-refractivity contribution in [3.05, 3.63) is 23.8 Å². The van der Waals surface area contributed by atoms with Gasteiger partial charge in [-0.05, 0) is 18.6 Å². The lowest BCUT2D eigenvalue weighted by Gasteiger charge is -2.13. The Morgan fingerprint density at radius 1 is 1.28 bits per heavy atom. The van der Waals surface area contributed by atoms with Gasteiger partial charge in [-0.2, -0.15) is 8.78 Å². The highest BCUT2D eigenvalue weighted by molar-refractivity contribution is 5.70. The monoisotopic (exact) mass is 260 g/mol. The van der Waals surface area contributed by atoms with Crippen molar-refractivity contribution in [1.29, 1.82) is 0 Å². The first-order valence-electron chi connectivity index (χ1n) is 5.26. The van der Waals surface area contributed by atoms with E-state index in [1.165, 1.54) is 26.4 Å². The zero-order valence-electron chi connectivity index (χ0n) is 10.1. The smallest absolute Gasteiger partial charge is 0.387 e. The van der Waals surface area contributed by atoms with E-state index < -0.39 is 12.6 Å². The summed E-state index contributed by atoms with van der Waals surface area (Å²) >= 11 is 0. The van der Waals surface area contributed by atoms with Crippen LogP contribution in [0.1, 0.15) is 12.0 Å². The lowest BCUT2D eigenvalue weighted by atomic mass is 10.1. The highest BCUT2D eigenvalue weighted by atomic mass is 19.3. The number of esters is 1. The molecule has 0 atom stereocenters. The van der Waals surface area contributed by atoms with Crippen LogP contribution in [0.4, 0.5) is 8.78 Å². The van der Waals surface area contributed by atoms with Crippen LogP contribution in [0.15, 0.2) is 18.2 Å². The van der Waals surface area contributed by atoms with Crippen LogP contribution in [0.2, 0.25) is 0 Å². The molecule has 1 rings (SSSR count). The molecule has 0 amide bonds. The predicted molar refractivity (Wildman–Crippen MR) is 60.0 cm³/mol. The first kappa shape index (κ1) is 14.2. The largest absolute Gasteiger partial charge is 0.496 e. The van der Waals surface area contributed by atoms with Gasteiger partial charge in [0.1, 0.15) is 11.5 Å². The van der Waals surface area contributed by atoms with E-state index in [4.69, 9.17) is 4.74 Å². The van der Waals surface area contributed by atoms with Gasteiger partial charge in [-0.1, -0.05) is 6.07 Å². The summed E-state index contributed by atoms with van der Waals surface area (Å²) < 4.78 is 38.4. The SMILES string of the molecule is COC(=O)CCc1c(OC)cccc1OC(F)F. The molecule has 1 aromatic rings. The predicted octanol–water partition coefficient (Wildman–Crippen LogP) is 2.40. The van der Waals surface area contributed by atoms with Crippen molar-refractivity contribution in [2.45, 2.75) is 19.5 Å². The number of benzene rings is 1. The van der Waals surface area contributed by atoms with Crippen LogP contribution < -0.4 is 9.47 Å². The minimum Gasteiger partial charge on any atom is -0.496 e. The van der Waals surface area contributed by atoms with Crippen molar-refractivity contribution in [2.24, 2.45) is 0 Å². The molecule has 0 aliphatic heterocycles.